The van der Waals surface area contributed by atoms with Gasteiger partial charge in [0.2, 0.25) is 17.7 Å². The van der Waals surface area contributed by atoms with E-state index in [1.54, 1.807) is 19.1 Å². The molecule has 0 aromatic carbocycles. The van der Waals surface area contributed by atoms with E-state index in [9.17, 15) is 97.0 Å². The Bertz CT molecular complexity index is 4720. The Hall–Kier alpha value is -11.7. The summed E-state index contributed by atoms with van der Waals surface area (Å²) in [6.45, 7) is 6.89. The average Bonchev–Trinajstić information content (AvgIpc) is 1.60. The number of carbonyl (C=O) groups is 8. The number of hydrogen-bond acceptors (Lipinski definition) is 21. The Kier molecular flexibility index (Phi) is 25.9. The molecule has 7 aromatic heterocycles. The van der Waals surface area contributed by atoms with Crippen LogP contribution in [0.25, 0.3) is 0 Å². The number of amides is 7. The molecular weight excluding hydrogens is 1490 g/mol. The molecule has 578 valence electrons. The van der Waals surface area contributed by atoms with Crippen molar-refractivity contribution in [2.75, 3.05) is 32.3 Å². The molecule has 7 amide bonds. The number of halogens is 11. The maximum Gasteiger partial charge on any atom is 0.395 e. The number of primary amides is 1. The number of nitrogens with two attached hydrogens (primary N) is 2. The molecule has 3 aliphatic carbocycles. The first-order chi connectivity index (χ1) is 49.9. The van der Waals surface area contributed by atoms with Crippen molar-refractivity contribution in [2.24, 2.45) is 23.5 Å². The van der Waals surface area contributed by atoms with Crippen molar-refractivity contribution < 1.29 is 77.9 Å². The summed E-state index contributed by atoms with van der Waals surface area (Å²) in [7, 11) is 0. The van der Waals surface area contributed by atoms with Crippen LogP contribution in [0.5, 0.6) is 0 Å². The average molecular weight is 1560 g/mol. The number of nitrogen functional groups attached to an aromatic ring is 1. The molecule has 3 fully saturated rings. The minimum absolute atomic E-state index is 0. The molecule has 0 radical (unpaired) electrons. The third kappa shape index (κ3) is 22.2. The predicted molar refractivity (Wildman–Crippen MR) is 372 cm³/mol. The number of alkyl halides is 9. The molecular formula is C65H69Cl2F9N20O12. The van der Waals surface area contributed by atoms with E-state index in [0.717, 1.165) is 68.4 Å². The summed E-state index contributed by atoms with van der Waals surface area (Å²) >= 11 is 11.1. The van der Waals surface area contributed by atoms with Crippen molar-refractivity contribution in [3.8, 4) is 0 Å². The summed E-state index contributed by atoms with van der Waals surface area (Å²) in [4.78, 5) is 165. The molecule has 43 heteroatoms. The fraction of sp³-hybridized carbons (Fsp3) is 0.385. The van der Waals surface area contributed by atoms with Gasteiger partial charge in [-0.05, 0) is 121 Å². The first-order valence-electron chi connectivity index (χ1n) is 31.9. The first kappa shape index (κ1) is 83.6. The summed E-state index contributed by atoms with van der Waals surface area (Å²) in [5.74, 6) is -1.88. The van der Waals surface area contributed by atoms with Gasteiger partial charge in [-0.2, -0.15) is 39.5 Å². The molecule has 0 bridgehead atoms. The fourth-order valence-corrected chi connectivity index (χ4v) is 10.7. The van der Waals surface area contributed by atoms with Gasteiger partial charge in [-0.25, -0.2) is 29.9 Å². The lowest BCUT2D eigenvalue weighted by molar-refractivity contribution is -0.156. The molecule has 108 heavy (non-hydrogen) atoms. The summed E-state index contributed by atoms with van der Waals surface area (Å²) in [6.07, 6.45) is -8.13. The second-order valence-corrected chi connectivity index (χ2v) is 26.0. The van der Waals surface area contributed by atoms with E-state index in [-0.39, 0.29) is 116 Å². The molecule has 0 spiro atoms. The van der Waals surface area contributed by atoms with Gasteiger partial charge < -0.3 is 59.0 Å². The first-order valence-corrected chi connectivity index (χ1v) is 32.6. The number of carbonyl (C=O) groups excluding carboxylic acids is 8. The van der Waals surface area contributed by atoms with E-state index in [1.165, 1.54) is 78.1 Å². The van der Waals surface area contributed by atoms with Crippen LogP contribution >= 0.6 is 23.2 Å². The third-order valence-electron chi connectivity index (χ3n) is 16.0. The third-order valence-corrected chi connectivity index (χ3v) is 16.6. The highest BCUT2D eigenvalue weighted by molar-refractivity contribution is 6.30. The standard InChI is InChI=1S/2C18H17F3N6O3.C10H11ClN2O2.C8H10N4O.C6H5ClN2O2.C4H5F3O.CH4/c2*1-17(7-18(19,20)21)26-15(29)11-5-4-10(16(30)27(11)17)24-12-6-13(23-8-22-12)25-14(28)9-2-3-9;1-3-10(2)12-8(14)7-5-4-6(11)9(15)13(7)10;9-6-3-7(11-4-10-6)12-8(13)5-1-2-5;7-3-1-2-4(5(8)10)9-6(3)11;1-3(8)2-4(5,6)7;/h2*4-6,8-9H,2-3,7H2,1H3,(H,26,29)(H2,22,23,24,25,28);4-5H,3H2,1-2H3,(H,12,14);3-5H,1-2H2,(H3,9,10,11,12,13);1-2H,(H2,8,10)(H,9,11);2H2,1H3;1H4. The van der Waals surface area contributed by atoms with Gasteiger partial charge in [-0.3, -0.25) is 71.2 Å². The molecule has 3 atom stereocenters. The minimum atomic E-state index is -4.60. The molecule has 10 heterocycles. The van der Waals surface area contributed by atoms with Crippen molar-refractivity contribution in [1.29, 1.82) is 0 Å². The van der Waals surface area contributed by atoms with Crippen molar-refractivity contribution in [3.63, 3.8) is 0 Å². The Morgan fingerprint density at radius 3 is 1.19 bits per heavy atom. The van der Waals surface area contributed by atoms with E-state index < -0.39 is 95.0 Å². The lowest BCUT2D eigenvalue weighted by Gasteiger charge is -2.28. The number of nitrogens with zero attached hydrogens (tertiary/aromatic N) is 9. The highest BCUT2D eigenvalue weighted by Crippen LogP contribution is 2.37. The van der Waals surface area contributed by atoms with E-state index in [0.29, 0.717) is 23.8 Å². The smallest absolute Gasteiger partial charge is 0.384 e. The van der Waals surface area contributed by atoms with Crippen molar-refractivity contribution in [1.82, 2.24) is 64.5 Å². The number of ketones is 1. The number of fused-ring (bicyclic) bond motifs is 3. The fourth-order valence-electron chi connectivity index (χ4n) is 10.5. The highest BCUT2D eigenvalue weighted by atomic mass is 35.5. The van der Waals surface area contributed by atoms with Gasteiger partial charge in [0, 0.05) is 36.0 Å². The normalized spacial score (nSPS) is 18.4. The zero-order valence-corrected chi connectivity index (χ0v) is 58.1. The number of H-pyrrole nitrogens is 1. The van der Waals surface area contributed by atoms with E-state index in [4.69, 9.17) is 34.7 Å². The van der Waals surface area contributed by atoms with Crippen LogP contribution in [0, 0.1) is 17.8 Å². The molecule has 3 aliphatic heterocycles. The monoisotopic (exact) mass is 1560 g/mol. The van der Waals surface area contributed by atoms with Crippen LogP contribution in [0.2, 0.25) is 10.0 Å². The summed E-state index contributed by atoms with van der Waals surface area (Å²) < 4.78 is 114. The van der Waals surface area contributed by atoms with Crippen LogP contribution in [0.1, 0.15) is 148 Å². The Labute approximate surface area is 614 Å². The number of anilines is 8. The minimum Gasteiger partial charge on any atom is -0.384 e. The molecule has 13 rings (SSSR count). The lowest BCUT2D eigenvalue weighted by atomic mass is 10.1. The van der Waals surface area contributed by atoms with Crippen LogP contribution in [0.3, 0.4) is 0 Å². The van der Waals surface area contributed by atoms with E-state index >= 15 is 0 Å². The van der Waals surface area contributed by atoms with Gasteiger partial charge in [0.05, 0.1) is 12.8 Å². The van der Waals surface area contributed by atoms with Crippen LogP contribution in [0.4, 0.5) is 85.8 Å². The molecule has 0 saturated heterocycles. The second kappa shape index (κ2) is 33.4. The van der Waals surface area contributed by atoms with Crippen LogP contribution in [-0.2, 0) is 36.2 Å². The zero-order valence-electron chi connectivity index (χ0n) is 56.6. The van der Waals surface area contributed by atoms with Gasteiger partial charge in [-0.15, -0.1) is 0 Å². The number of nitrogens with one attached hydrogen (secondary N) is 9. The summed E-state index contributed by atoms with van der Waals surface area (Å²) in [5, 5.41) is 20.8. The molecule has 3 saturated carbocycles. The molecule has 6 aliphatic rings. The number of Topliss-reactive ketones (excluding diaryl/α,β-unsaturated/α-hetero) is 1. The number of rotatable bonds is 15. The number of pyridine rings is 4. The molecule has 3 unspecified atom stereocenters. The van der Waals surface area contributed by atoms with Crippen LogP contribution in [-0.4, -0.2) is 114 Å². The number of hydrogen-bond donors (Lipinski definition) is 11. The summed E-state index contributed by atoms with van der Waals surface area (Å²) in [5.41, 5.74) is 3.20. The SMILES string of the molecule is C.CC(=O)CC(F)(F)F.CC1(CC(F)(F)F)NC(=O)c2ccc(Nc3cc(NC(=O)C4CC4)ncn3)c(=O)n21.CC1(CC(F)(F)F)NC(=O)c2ccc(Nc3cc(NC(=O)C4CC4)ncn3)c(=O)n21.CCC1(C)NC(=O)c2ccc(Cl)c(=O)n21.NC(=O)c1ccc(Cl)c(=O)[nH]1.Nc1cc(NC(=O)C2CC2)ncn1. The highest BCUT2D eigenvalue weighted by Gasteiger charge is 2.50. The molecule has 32 nitrogen and oxygen atoms in total. The van der Waals surface area contributed by atoms with Crippen molar-refractivity contribution >= 4 is 117 Å². The van der Waals surface area contributed by atoms with Gasteiger partial charge in [0.25, 0.3) is 45.9 Å². The van der Waals surface area contributed by atoms with Gasteiger partial charge in [0.1, 0.15) is 127 Å². The Morgan fingerprint density at radius 2 is 0.861 bits per heavy atom. The van der Waals surface area contributed by atoms with Gasteiger partial charge in [0.15, 0.2) is 0 Å². The van der Waals surface area contributed by atoms with E-state index in [2.05, 4.69) is 77.4 Å². The maximum atomic E-state index is 13.0. The zero-order chi connectivity index (χ0) is 79.1. The van der Waals surface area contributed by atoms with Crippen molar-refractivity contribution in [3.05, 3.63) is 160 Å². The molecule has 7 aromatic rings. The predicted octanol–water partition coefficient (Wildman–Crippen LogP) is 8.22. The largest absolute Gasteiger partial charge is 0.395 e. The number of aromatic nitrogens is 10. The van der Waals surface area contributed by atoms with Crippen LogP contribution < -0.4 is 76.2 Å². The van der Waals surface area contributed by atoms with Gasteiger partial charge >= 0.3 is 18.5 Å². The second-order valence-electron chi connectivity index (χ2n) is 25.2. The van der Waals surface area contributed by atoms with Gasteiger partial charge in [-0.1, -0.05) is 37.6 Å². The maximum absolute atomic E-state index is 13.0. The summed E-state index contributed by atoms with van der Waals surface area (Å²) in [6, 6.07) is 15.1. The Morgan fingerprint density at radius 1 is 0.509 bits per heavy atom. The Balaban J connectivity index is 0.000000192. The number of aromatic amines is 1. The lowest BCUT2D eigenvalue weighted by Crippen LogP contribution is -2.47. The quantitative estimate of drug-likeness (QED) is 0.0430. The molecule has 13 N–H and O–H groups in total. The van der Waals surface area contributed by atoms with Crippen molar-refractivity contribution in [2.45, 2.75) is 142 Å². The van der Waals surface area contributed by atoms with E-state index in [1.807, 2.05) is 6.92 Å². The topological polar surface area (TPSA) is 461 Å². The van der Waals surface area contributed by atoms with Crippen LogP contribution in [0.15, 0.2) is 105 Å².